The maximum absolute atomic E-state index is 12.2. The number of amides is 1. The molecular weight excluding hydrogens is 492 g/mol. The van der Waals surface area contributed by atoms with Gasteiger partial charge in [-0.3, -0.25) is 4.68 Å². The number of carbonyl (C=O) groups is 1. The third kappa shape index (κ3) is 5.27. The smallest absolute Gasteiger partial charge is 0.410 e. The molecule has 0 atom stereocenters. The number of nitrogens with one attached hydrogen (secondary N) is 1. The zero-order valence-electron chi connectivity index (χ0n) is 22.2. The van der Waals surface area contributed by atoms with Gasteiger partial charge in [-0.2, -0.15) is 10.2 Å². The van der Waals surface area contributed by atoms with Gasteiger partial charge >= 0.3 is 6.09 Å². The van der Waals surface area contributed by atoms with Crippen LogP contribution in [0.3, 0.4) is 0 Å². The molecule has 1 aliphatic rings. The monoisotopic (exact) mass is 524 g/mol. The van der Waals surface area contributed by atoms with E-state index in [1.165, 1.54) is 5.56 Å². The highest BCUT2D eigenvalue weighted by Gasteiger charge is 2.27. The van der Waals surface area contributed by atoms with E-state index in [-0.39, 0.29) is 18.2 Å². The van der Waals surface area contributed by atoms with Gasteiger partial charge in [0.2, 0.25) is 0 Å². The minimum absolute atomic E-state index is 0.118. The summed E-state index contributed by atoms with van der Waals surface area (Å²) in [5.74, 6) is 0.754. The number of ether oxygens (including phenoxy) is 1. The Morgan fingerprint density at radius 3 is 2.64 bits per heavy atom. The van der Waals surface area contributed by atoms with Gasteiger partial charge in [0.05, 0.1) is 42.0 Å². The SMILES string of the molecule is CC(C)OC(=O)N1CCC(n2ncc3c(NCc4ccc5c(cnn5Cc5ccccc5)c4)ncnc32)CC1. The summed E-state index contributed by atoms with van der Waals surface area (Å²) in [6.45, 7) is 6.37. The molecule has 1 aliphatic heterocycles. The average molecular weight is 525 g/mol. The van der Waals surface area contributed by atoms with Gasteiger partial charge in [0.1, 0.15) is 12.1 Å². The summed E-state index contributed by atoms with van der Waals surface area (Å²) in [6.07, 6.45) is 6.56. The van der Waals surface area contributed by atoms with E-state index < -0.39 is 0 Å². The van der Waals surface area contributed by atoms with Crippen molar-refractivity contribution < 1.29 is 9.53 Å². The van der Waals surface area contributed by atoms with Crippen molar-refractivity contribution in [3.63, 3.8) is 0 Å². The molecule has 39 heavy (non-hydrogen) atoms. The quantitative estimate of drug-likeness (QED) is 0.319. The van der Waals surface area contributed by atoms with Gasteiger partial charge in [-0.15, -0.1) is 0 Å². The fraction of sp³-hybridized carbons (Fsp3) is 0.345. The van der Waals surface area contributed by atoms with E-state index in [0.29, 0.717) is 19.6 Å². The number of carbonyl (C=O) groups excluding carboxylic acids is 1. The average Bonchev–Trinajstić information content (AvgIpc) is 3.56. The second-order valence-corrected chi connectivity index (χ2v) is 10.2. The number of anilines is 1. The molecule has 10 heteroatoms. The van der Waals surface area contributed by atoms with Crippen molar-refractivity contribution >= 4 is 33.8 Å². The first-order valence-electron chi connectivity index (χ1n) is 13.4. The zero-order valence-corrected chi connectivity index (χ0v) is 22.2. The number of piperidine rings is 1. The van der Waals surface area contributed by atoms with Crippen molar-refractivity contribution in [3.05, 3.63) is 78.4 Å². The first-order chi connectivity index (χ1) is 19.0. The van der Waals surface area contributed by atoms with Crippen LogP contribution in [0.4, 0.5) is 10.6 Å². The fourth-order valence-electron chi connectivity index (χ4n) is 5.15. The van der Waals surface area contributed by atoms with E-state index in [1.807, 2.05) is 53.8 Å². The summed E-state index contributed by atoms with van der Waals surface area (Å²) in [7, 11) is 0. The van der Waals surface area contributed by atoms with Crippen LogP contribution in [0.1, 0.15) is 43.9 Å². The molecule has 0 aliphatic carbocycles. The Morgan fingerprint density at radius 2 is 1.85 bits per heavy atom. The molecule has 1 saturated heterocycles. The topological polar surface area (TPSA) is 103 Å². The highest BCUT2D eigenvalue weighted by molar-refractivity contribution is 5.86. The number of nitrogens with zero attached hydrogens (tertiary/aromatic N) is 7. The molecule has 1 fully saturated rings. The van der Waals surface area contributed by atoms with E-state index in [9.17, 15) is 4.79 Å². The highest BCUT2D eigenvalue weighted by Crippen LogP contribution is 2.28. The van der Waals surface area contributed by atoms with Crippen LogP contribution in [-0.2, 0) is 17.8 Å². The third-order valence-electron chi connectivity index (χ3n) is 7.14. The molecular formula is C29H32N8O2. The Balaban J connectivity index is 1.13. The van der Waals surface area contributed by atoms with Crippen molar-refractivity contribution in [1.29, 1.82) is 0 Å². The zero-order chi connectivity index (χ0) is 26.8. The highest BCUT2D eigenvalue weighted by atomic mass is 16.6. The molecule has 0 radical (unpaired) electrons. The third-order valence-corrected chi connectivity index (χ3v) is 7.14. The molecule has 6 rings (SSSR count). The second kappa shape index (κ2) is 10.7. The number of fused-ring (bicyclic) bond motifs is 2. The lowest BCUT2D eigenvalue weighted by atomic mass is 10.1. The Bertz CT molecular complexity index is 1590. The number of aromatic nitrogens is 6. The van der Waals surface area contributed by atoms with Crippen LogP contribution in [0.2, 0.25) is 0 Å². The minimum atomic E-state index is -0.246. The molecule has 0 spiro atoms. The Morgan fingerprint density at radius 1 is 1.03 bits per heavy atom. The van der Waals surface area contributed by atoms with Gasteiger partial charge in [-0.05, 0) is 49.9 Å². The molecule has 200 valence electrons. The lowest BCUT2D eigenvalue weighted by Crippen LogP contribution is -2.40. The van der Waals surface area contributed by atoms with Crippen LogP contribution in [0.25, 0.3) is 21.9 Å². The molecule has 2 aromatic carbocycles. The first-order valence-corrected chi connectivity index (χ1v) is 13.4. The van der Waals surface area contributed by atoms with E-state index in [1.54, 1.807) is 11.2 Å². The van der Waals surface area contributed by atoms with Gasteiger partial charge in [0, 0.05) is 25.0 Å². The Hall–Kier alpha value is -4.47. The lowest BCUT2D eigenvalue weighted by molar-refractivity contribution is 0.0656. The van der Waals surface area contributed by atoms with E-state index in [2.05, 4.69) is 55.8 Å². The summed E-state index contributed by atoms with van der Waals surface area (Å²) >= 11 is 0. The number of hydrogen-bond donors (Lipinski definition) is 1. The fourth-order valence-corrected chi connectivity index (χ4v) is 5.15. The largest absolute Gasteiger partial charge is 0.447 e. The van der Waals surface area contributed by atoms with Crippen LogP contribution in [0, 0.1) is 0 Å². The summed E-state index contributed by atoms with van der Waals surface area (Å²) in [5.41, 5.74) is 4.27. The summed E-state index contributed by atoms with van der Waals surface area (Å²) < 4.78 is 9.35. The van der Waals surface area contributed by atoms with Gasteiger partial charge < -0.3 is 15.0 Å². The maximum Gasteiger partial charge on any atom is 0.410 e. The summed E-state index contributed by atoms with van der Waals surface area (Å²) in [6, 6.07) is 16.9. The predicted molar refractivity (Wildman–Crippen MR) is 149 cm³/mol. The number of likely N-dealkylation sites (tertiary alicyclic amines) is 1. The standard InChI is InChI=1S/C29H32N8O2/c1-20(2)39-29(38)35-12-10-24(11-13-35)37-28-25(17-34-37)27(31-19-32-28)30-15-22-8-9-26-23(14-22)16-33-36(26)18-21-6-4-3-5-7-21/h3-9,14,16-17,19-20,24H,10-13,15,18H2,1-2H3,(H,30,31,32). The predicted octanol–water partition coefficient (Wildman–Crippen LogP) is 5.02. The van der Waals surface area contributed by atoms with Crippen LogP contribution in [0.5, 0.6) is 0 Å². The minimum Gasteiger partial charge on any atom is -0.447 e. The Kier molecular flexibility index (Phi) is 6.83. The molecule has 3 aromatic heterocycles. The van der Waals surface area contributed by atoms with Crippen LogP contribution >= 0.6 is 0 Å². The van der Waals surface area contributed by atoms with Crippen molar-refractivity contribution in [2.45, 2.75) is 51.9 Å². The van der Waals surface area contributed by atoms with Crippen molar-refractivity contribution in [3.8, 4) is 0 Å². The second-order valence-electron chi connectivity index (χ2n) is 10.2. The van der Waals surface area contributed by atoms with Crippen LogP contribution < -0.4 is 5.32 Å². The number of benzene rings is 2. The first kappa shape index (κ1) is 24.8. The molecule has 1 N–H and O–H groups in total. The maximum atomic E-state index is 12.2. The molecule has 0 saturated carbocycles. The Labute approximate surface area is 226 Å². The van der Waals surface area contributed by atoms with Gasteiger partial charge in [-0.1, -0.05) is 36.4 Å². The number of rotatable bonds is 7. The molecule has 0 bridgehead atoms. The molecule has 0 unspecified atom stereocenters. The van der Waals surface area contributed by atoms with Gasteiger partial charge in [-0.25, -0.2) is 19.4 Å². The lowest BCUT2D eigenvalue weighted by Gasteiger charge is -2.31. The van der Waals surface area contributed by atoms with Crippen molar-refractivity contribution in [2.75, 3.05) is 18.4 Å². The van der Waals surface area contributed by atoms with Crippen molar-refractivity contribution in [1.82, 2.24) is 34.4 Å². The van der Waals surface area contributed by atoms with Crippen molar-refractivity contribution in [2.24, 2.45) is 0 Å². The summed E-state index contributed by atoms with van der Waals surface area (Å²) in [4.78, 5) is 23.0. The van der Waals surface area contributed by atoms with E-state index in [0.717, 1.165) is 52.7 Å². The van der Waals surface area contributed by atoms with Gasteiger partial charge in [0.25, 0.3) is 0 Å². The normalized spacial score (nSPS) is 14.4. The van der Waals surface area contributed by atoms with E-state index >= 15 is 0 Å². The van der Waals surface area contributed by atoms with Gasteiger partial charge in [0.15, 0.2) is 5.65 Å². The molecule has 1 amide bonds. The summed E-state index contributed by atoms with van der Waals surface area (Å²) in [5, 5.41) is 14.7. The van der Waals surface area contributed by atoms with Crippen LogP contribution in [-0.4, -0.2) is 59.7 Å². The molecule has 5 aromatic rings. The molecule has 4 heterocycles. The van der Waals surface area contributed by atoms with E-state index in [4.69, 9.17) is 4.74 Å². The number of hydrogen-bond acceptors (Lipinski definition) is 7. The molecule has 10 nitrogen and oxygen atoms in total. The van der Waals surface area contributed by atoms with Crippen LogP contribution in [0.15, 0.2) is 67.3 Å².